The van der Waals surface area contributed by atoms with E-state index < -0.39 is 23.9 Å². The monoisotopic (exact) mass is 406 g/mol. The van der Waals surface area contributed by atoms with E-state index in [0.29, 0.717) is 24.5 Å². The molecule has 2 aromatic carbocycles. The van der Waals surface area contributed by atoms with E-state index in [1.165, 1.54) is 0 Å². The summed E-state index contributed by atoms with van der Waals surface area (Å²) in [4.78, 5) is 41.5. The number of anilines is 1. The second-order valence-corrected chi connectivity index (χ2v) is 7.00. The molecule has 1 atom stereocenters. The molecule has 2 heterocycles. The van der Waals surface area contributed by atoms with Crippen molar-refractivity contribution in [1.82, 2.24) is 15.2 Å². The molecule has 30 heavy (non-hydrogen) atoms. The highest BCUT2D eigenvalue weighted by molar-refractivity contribution is 6.08. The first-order valence-corrected chi connectivity index (χ1v) is 9.74. The minimum atomic E-state index is -0.699. The van der Waals surface area contributed by atoms with Gasteiger partial charge in [0.1, 0.15) is 18.3 Å². The van der Waals surface area contributed by atoms with Gasteiger partial charge >= 0.3 is 6.03 Å². The van der Waals surface area contributed by atoms with Crippen molar-refractivity contribution in [2.45, 2.75) is 19.4 Å². The summed E-state index contributed by atoms with van der Waals surface area (Å²) in [5.74, 6) is -0.160. The summed E-state index contributed by atoms with van der Waals surface area (Å²) in [5, 5.41) is 6.37. The van der Waals surface area contributed by atoms with Crippen LogP contribution in [0, 0.1) is 0 Å². The quantitative estimate of drug-likeness (QED) is 0.525. The van der Waals surface area contributed by atoms with E-state index in [0.717, 1.165) is 21.4 Å². The Kier molecular flexibility index (Phi) is 5.38. The van der Waals surface area contributed by atoms with Gasteiger partial charge in [-0.25, -0.2) is 4.79 Å². The fraction of sp³-hybridized carbons (Fsp3) is 0.227. The molecule has 1 saturated heterocycles. The van der Waals surface area contributed by atoms with E-state index in [1.54, 1.807) is 24.3 Å². The third-order valence-electron chi connectivity index (χ3n) is 4.96. The maximum absolute atomic E-state index is 12.7. The Balaban J connectivity index is 1.38. The van der Waals surface area contributed by atoms with E-state index in [-0.39, 0.29) is 6.54 Å². The highest BCUT2D eigenvalue weighted by Gasteiger charge is 2.39. The van der Waals surface area contributed by atoms with E-state index >= 15 is 0 Å². The normalized spacial score (nSPS) is 16.0. The van der Waals surface area contributed by atoms with Gasteiger partial charge in [-0.1, -0.05) is 18.2 Å². The summed E-state index contributed by atoms with van der Waals surface area (Å²) in [7, 11) is 0. The van der Waals surface area contributed by atoms with Crippen LogP contribution in [0.3, 0.4) is 0 Å². The number of H-pyrrole nitrogens is 1. The Morgan fingerprint density at radius 1 is 1.13 bits per heavy atom. The lowest BCUT2D eigenvalue weighted by atomic mass is 10.1. The van der Waals surface area contributed by atoms with Gasteiger partial charge in [-0.3, -0.25) is 14.5 Å². The van der Waals surface area contributed by atoms with Gasteiger partial charge in [0.25, 0.3) is 5.91 Å². The number of hydrogen-bond acceptors (Lipinski definition) is 4. The van der Waals surface area contributed by atoms with Crippen molar-refractivity contribution in [3.05, 3.63) is 60.3 Å². The molecule has 1 fully saturated rings. The SMILES string of the molecule is CCOc1ccc(NC(=O)CN2C(=O)N[C@H](Cc3c[nH]c4ccccc34)C2=O)cc1. The number of carbonyl (C=O) groups is 3. The summed E-state index contributed by atoms with van der Waals surface area (Å²) >= 11 is 0. The number of para-hydroxylation sites is 1. The number of aromatic nitrogens is 1. The van der Waals surface area contributed by atoms with E-state index in [1.807, 2.05) is 37.4 Å². The summed E-state index contributed by atoms with van der Waals surface area (Å²) in [6, 6.07) is 13.4. The number of nitrogens with zero attached hydrogens (tertiary/aromatic N) is 1. The van der Waals surface area contributed by atoms with E-state index in [9.17, 15) is 14.4 Å². The number of amides is 4. The Hall–Kier alpha value is -3.81. The number of fused-ring (bicyclic) bond motifs is 1. The third kappa shape index (κ3) is 3.98. The zero-order chi connectivity index (χ0) is 21.1. The average molecular weight is 406 g/mol. The van der Waals surface area contributed by atoms with Crippen LogP contribution in [0.4, 0.5) is 10.5 Å². The standard InChI is InChI=1S/C22H22N4O4/c1-2-30-16-9-7-15(8-10-16)24-20(27)13-26-21(28)19(25-22(26)29)11-14-12-23-18-6-4-3-5-17(14)18/h3-10,12,19,23H,2,11,13H2,1H3,(H,24,27)(H,25,29)/t19-/m1/s1. The number of nitrogens with one attached hydrogen (secondary N) is 3. The van der Waals surface area contributed by atoms with E-state index in [2.05, 4.69) is 15.6 Å². The number of aromatic amines is 1. The van der Waals surface area contributed by atoms with Gasteiger partial charge in [-0.15, -0.1) is 0 Å². The molecule has 3 N–H and O–H groups in total. The molecule has 3 aromatic rings. The zero-order valence-corrected chi connectivity index (χ0v) is 16.5. The van der Waals surface area contributed by atoms with Crippen molar-refractivity contribution < 1.29 is 19.1 Å². The number of carbonyl (C=O) groups excluding carboxylic acids is 3. The van der Waals surface area contributed by atoms with Crippen LogP contribution in [0.25, 0.3) is 10.9 Å². The highest BCUT2D eigenvalue weighted by Crippen LogP contribution is 2.21. The average Bonchev–Trinajstić information content (AvgIpc) is 3.26. The maximum Gasteiger partial charge on any atom is 0.325 e. The lowest BCUT2D eigenvalue weighted by Crippen LogP contribution is -2.38. The largest absolute Gasteiger partial charge is 0.494 e. The fourth-order valence-corrected chi connectivity index (χ4v) is 3.53. The van der Waals surface area contributed by atoms with Crippen molar-refractivity contribution in [2.24, 2.45) is 0 Å². The van der Waals surface area contributed by atoms with Gasteiger partial charge in [0, 0.05) is 29.2 Å². The molecule has 0 unspecified atom stereocenters. The molecule has 154 valence electrons. The molecule has 4 amide bonds. The Labute approximate surface area is 173 Å². The van der Waals surface area contributed by atoms with Crippen LogP contribution < -0.4 is 15.4 Å². The molecule has 0 aliphatic carbocycles. The third-order valence-corrected chi connectivity index (χ3v) is 4.96. The summed E-state index contributed by atoms with van der Waals surface area (Å²) in [6.07, 6.45) is 2.19. The van der Waals surface area contributed by atoms with Gasteiger partial charge < -0.3 is 20.4 Å². The molecule has 4 rings (SSSR count). The van der Waals surface area contributed by atoms with Crippen LogP contribution in [-0.4, -0.2) is 46.9 Å². The number of ether oxygens (including phenoxy) is 1. The molecule has 8 nitrogen and oxygen atoms in total. The van der Waals surface area contributed by atoms with Gasteiger partial charge in [0.15, 0.2) is 0 Å². The van der Waals surface area contributed by atoms with Crippen molar-refractivity contribution >= 4 is 34.4 Å². The number of hydrogen-bond donors (Lipinski definition) is 3. The van der Waals surface area contributed by atoms with E-state index in [4.69, 9.17) is 4.74 Å². The fourth-order valence-electron chi connectivity index (χ4n) is 3.53. The topological polar surface area (TPSA) is 104 Å². The molecule has 0 spiro atoms. The van der Waals surface area contributed by atoms with Crippen molar-refractivity contribution in [1.29, 1.82) is 0 Å². The predicted octanol–water partition coefficient (Wildman–Crippen LogP) is 2.67. The smallest absolute Gasteiger partial charge is 0.325 e. The minimum absolute atomic E-state index is 0.345. The lowest BCUT2D eigenvalue weighted by Gasteiger charge is -2.13. The summed E-state index contributed by atoms with van der Waals surface area (Å²) in [6.45, 7) is 2.10. The number of imide groups is 1. The molecule has 0 bridgehead atoms. The molecule has 8 heteroatoms. The van der Waals surface area contributed by atoms with Crippen molar-refractivity contribution in [2.75, 3.05) is 18.5 Å². The van der Waals surface area contributed by atoms with Gasteiger partial charge in [-0.05, 0) is 42.8 Å². The molecular weight excluding hydrogens is 384 g/mol. The summed E-state index contributed by atoms with van der Waals surface area (Å²) < 4.78 is 5.36. The Morgan fingerprint density at radius 3 is 2.67 bits per heavy atom. The van der Waals surface area contributed by atoms with Crippen molar-refractivity contribution in [3.8, 4) is 5.75 Å². The second-order valence-electron chi connectivity index (χ2n) is 7.00. The van der Waals surface area contributed by atoms with Crippen molar-refractivity contribution in [3.63, 3.8) is 0 Å². The maximum atomic E-state index is 12.7. The molecule has 0 saturated carbocycles. The van der Waals surface area contributed by atoms with Crippen LogP contribution in [-0.2, 0) is 16.0 Å². The molecule has 1 aliphatic rings. The van der Waals surface area contributed by atoms with Crippen LogP contribution in [0.2, 0.25) is 0 Å². The second kappa shape index (κ2) is 8.28. The predicted molar refractivity (Wildman–Crippen MR) is 112 cm³/mol. The highest BCUT2D eigenvalue weighted by atomic mass is 16.5. The van der Waals surface area contributed by atoms with Crippen LogP contribution >= 0.6 is 0 Å². The van der Waals surface area contributed by atoms with Gasteiger partial charge in [0.2, 0.25) is 5.91 Å². The number of rotatable bonds is 7. The molecule has 1 aromatic heterocycles. The van der Waals surface area contributed by atoms with Crippen LogP contribution in [0.15, 0.2) is 54.7 Å². The van der Waals surface area contributed by atoms with Crippen LogP contribution in [0.5, 0.6) is 5.75 Å². The zero-order valence-electron chi connectivity index (χ0n) is 16.5. The first kappa shape index (κ1) is 19.5. The minimum Gasteiger partial charge on any atom is -0.494 e. The van der Waals surface area contributed by atoms with Crippen LogP contribution in [0.1, 0.15) is 12.5 Å². The number of benzene rings is 2. The first-order valence-electron chi connectivity index (χ1n) is 9.74. The number of urea groups is 1. The molecular formula is C22H22N4O4. The summed E-state index contributed by atoms with van der Waals surface area (Å²) in [5.41, 5.74) is 2.46. The van der Waals surface area contributed by atoms with Gasteiger partial charge in [0.05, 0.1) is 6.61 Å². The lowest BCUT2D eigenvalue weighted by molar-refractivity contribution is -0.130. The van der Waals surface area contributed by atoms with Gasteiger partial charge in [-0.2, -0.15) is 0 Å². The molecule has 1 aliphatic heterocycles. The Bertz CT molecular complexity index is 1090. The Morgan fingerprint density at radius 2 is 1.90 bits per heavy atom. The molecule has 0 radical (unpaired) electrons. The first-order chi connectivity index (χ1) is 14.5.